The van der Waals surface area contributed by atoms with Crippen molar-refractivity contribution in [3.05, 3.63) is 66.9 Å². The molecular weight excluding hydrogens is 326 g/mol. The van der Waals surface area contributed by atoms with E-state index in [1.807, 2.05) is 47.5 Å². The number of hydrogen-bond donors (Lipinski definition) is 1. The van der Waals surface area contributed by atoms with Gasteiger partial charge < -0.3 is 10.2 Å². The minimum atomic E-state index is -0.0911. The Bertz CT molecular complexity index is 919. The summed E-state index contributed by atoms with van der Waals surface area (Å²) in [7, 11) is 0. The Kier molecular flexibility index (Phi) is 4.16. The summed E-state index contributed by atoms with van der Waals surface area (Å²) >= 11 is 0. The molecule has 0 unspecified atom stereocenters. The number of nitrogens with one attached hydrogen (secondary N) is 1. The van der Waals surface area contributed by atoms with E-state index in [-0.39, 0.29) is 11.9 Å². The number of carbonyl (C=O) groups excluding carboxylic acids is 1. The molecule has 26 heavy (non-hydrogen) atoms. The first-order valence-electron chi connectivity index (χ1n) is 8.76. The monoisotopic (exact) mass is 347 g/mol. The number of aromatic nitrogens is 3. The second kappa shape index (κ2) is 6.63. The number of fused-ring (bicyclic) bond motifs is 1. The molecular formula is C20H21N5O. The van der Waals surface area contributed by atoms with Gasteiger partial charge in [-0.25, -0.2) is 9.97 Å². The molecule has 6 nitrogen and oxygen atoms in total. The number of hydrogen-bond acceptors (Lipinski definition) is 4. The average Bonchev–Trinajstić information content (AvgIpc) is 3.21. The zero-order chi connectivity index (χ0) is 18.1. The van der Waals surface area contributed by atoms with Crippen molar-refractivity contribution in [3.8, 4) is 5.82 Å². The molecule has 6 heteroatoms. The zero-order valence-electron chi connectivity index (χ0n) is 14.8. The number of para-hydroxylation sites is 2. The summed E-state index contributed by atoms with van der Waals surface area (Å²) in [6.07, 6.45) is 5.17. The molecule has 1 aliphatic heterocycles. The highest BCUT2D eigenvalue weighted by atomic mass is 16.2. The molecule has 0 saturated heterocycles. The Hall–Kier alpha value is -3.15. The van der Waals surface area contributed by atoms with Gasteiger partial charge in [-0.2, -0.15) is 0 Å². The molecule has 0 fully saturated rings. The molecule has 0 aliphatic carbocycles. The van der Waals surface area contributed by atoms with Crippen molar-refractivity contribution in [2.75, 3.05) is 16.8 Å². The molecule has 2 aromatic heterocycles. The number of rotatable bonds is 3. The van der Waals surface area contributed by atoms with Crippen molar-refractivity contribution in [3.63, 3.8) is 0 Å². The molecule has 0 radical (unpaired) electrons. The van der Waals surface area contributed by atoms with Gasteiger partial charge in [-0.1, -0.05) is 32.0 Å². The van der Waals surface area contributed by atoms with E-state index in [0.29, 0.717) is 24.0 Å². The van der Waals surface area contributed by atoms with Crippen LogP contribution in [0, 0.1) is 5.92 Å². The van der Waals surface area contributed by atoms with E-state index in [4.69, 9.17) is 0 Å². The topological polar surface area (TPSA) is 63.1 Å². The largest absolute Gasteiger partial charge is 0.379 e. The van der Waals surface area contributed by atoms with Gasteiger partial charge in [-0.05, 0) is 30.2 Å². The summed E-state index contributed by atoms with van der Waals surface area (Å²) in [6, 6.07) is 13.6. The fourth-order valence-corrected chi connectivity index (χ4v) is 3.16. The first kappa shape index (κ1) is 16.3. The molecule has 1 amide bonds. The van der Waals surface area contributed by atoms with Crippen LogP contribution in [0.15, 0.2) is 61.2 Å². The zero-order valence-corrected chi connectivity index (χ0v) is 14.8. The number of amides is 1. The van der Waals surface area contributed by atoms with Crippen LogP contribution in [0.25, 0.3) is 5.82 Å². The normalized spacial score (nSPS) is 16.3. The summed E-state index contributed by atoms with van der Waals surface area (Å²) in [5, 5.41) is 3.54. The molecule has 1 aliphatic rings. The lowest BCUT2D eigenvalue weighted by molar-refractivity contribution is 0.0979. The Labute approximate surface area is 152 Å². The number of nitrogens with zero attached hydrogens (tertiary/aromatic N) is 4. The molecule has 0 spiro atoms. The average molecular weight is 347 g/mol. The van der Waals surface area contributed by atoms with Gasteiger partial charge in [-0.15, -0.1) is 0 Å². The lowest BCUT2D eigenvalue weighted by Crippen LogP contribution is -2.47. The molecule has 3 heterocycles. The Morgan fingerprint density at radius 2 is 2.04 bits per heavy atom. The quantitative estimate of drug-likeness (QED) is 0.789. The molecule has 1 N–H and O–H groups in total. The Balaban J connectivity index is 1.70. The third-order valence-electron chi connectivity index (χ3n) is 4.69. The van der Waals surface area contributed by atoms with Crippen molar-refractivity contribution < 1.29 is 4.79 Å². The molecule has 4 rings (SSSR count). The van der Waals surface area contributed by atoms with E-state index in [1.54, 1.807) is 23.2 Å². The summed E-state index contributed by atoms with van der Waals surface area (Å²) in [5.74, 6) is 0.993. The van der Waals surface area contributed by atoms with Crippen LogP contribution in [0.5, 0.6) is 0 Å². The van der Waals surface area contributed by atoms with Crippen LogP contribution in [0.1, 0.15) is 24.3 Å². The van der Waals surface area contributed by atoms with Crippen molar-refractivity contribution in [1.82, 2.24) is 14.5 Å². The van der Waals surface area contributed by atoms with Crippen LogP contribution in [0.3, 0.4) is 0 Å². The molecule has 0 bridgehead atoms. The molecule has 1 atom stereocenters. The van der Waals surface area contributed by atoms with E-state index >= 15 is 0 Å². The summed E-state index contributed by atoms with van der Waals surface area (Å²) in [4.78, 5) is 23.7. The lowest BCUT2D eigenvalue weighted by Gasteiger charge is -2.37. The highest BCUT2D eigenvalue weighted by Gasteiger charge is 2.30. The summed E-state index contributed by atoms with van der Waals surface area (Å²) < 4.78 is 1.79. The molecule has 0 saturated carbocycles. The minimum Gasteiger partial charge on any atom is -0.379 e. The summed E-state index contributed by atoms with van der Waals surface area (Å²) in [5.41, 5.74) is 2.30. The second-order valence-corrected chi connectivity index (χ2v) is 6.78. The maximum absolute atomic E-state index is 13.3. The number of carbonyl (C=O) groups is 1. The third kappa shape index (κ3) is 2.94. The van der Waals surface area contributed by atoms with Gasteiger partial charge in [0.2, 0.25) is 0 Å². The van der Waals surface area contributed by atoms with E-state index in [1.165, 1.54) is 0 Å². The van der Waals surface area contributed by atoms with E-state index in [2.05, 4.69) is 29.1 Å². The van der Waals surface area contributed by atoms with Crippen molar-refractivity contribution in [1.29, 1.82) is 0 Å². The summed E-state index contributed by atoms with van der Waals surface area (Å²) in [6.45, 7) is 4.93. The predicted octanol–water partition coefficient (Wildman–Crippen LogP) is 3.36. The highest BCUT2D eigenvalue weighted by Crippen LogP contribution is 2.33. The number of imidazole rings is 1. The number of pyridine rings is 1. The van der Waals surface area contributed by atoms with Crippen LogP contribution in [-0.2, 0) is 0 Å². The van der Waals surface area contributed by atoms with Gasteiger partial charge in [-0.3, -0.25) is 9.36 Å². The van der Waals surface area contributed by atoms with Crippen molar-refractivity contribution in [2.24, 2.45) is 5.92 Å². The lowest BCUT2D eigenvalue weighted by atomic mass is 9.99. The van der Waals surface area contributed by atoms with Gasteiger partial charge in [0.15, 0.2) is 0 Å². The van der Waals surface area contributed by atoms with Crippen LogP contribution in [-0.4, -0.2) is 33.0 Å². The van der Waals surface area contributed by atoms with Gasteiger partial charge in [0, 0.05) is 25.0 Å². The fourth-order valence-electron chi connectivity index (χ4n) is 3.16. The van der Waals surface area contributed by atoms with Gasteiger partial charge in [0.05, 0.1) is 11.4 Å². The van der Waals surface area contributed by atoms with E-state index in [9.17, 15) is 4.79 Å². The molecule has 132 valence electrons. The van der Waals surface area contributed by atoms with Crippen LogP contribution < -0.4 is 10.2 Å². The maximum Gasteiger partial charge on any atom is 0.277 e. The number of anilines is 2. The van der Waals surface area contributed by atoms with E-state index in [0.717, 1.165) is 11.4 Å². The van der Waals surface area contributed by atoms with E-state index < -0.39 is 0 Å². The SMILES string of the molecule is CC(C)[C@@H]1CN(C(=O)c2cccc(-n3ccnc3)n2)c2ccccc2N1. The molecule has 1 aromatic carbocycles. The molecule has 3 aromatic rings. The standard InChI is InChI=1S/C20H21N5O/c1-14(2)17-12-25(18-8-4-3-6-15(18)22-17)20(26)16-7-5-9-19(23-16)24-11-10-21-13-24/h3-11,13-14,17,22H,12H2,1-2H3/t17-/m0/s1. The Morgan fingerprint density at radius 1 is 1.19 bits per heavy atom. The van der Waals surface area contributed by atoms with Gasteiger partial charge in [0.1, 0.15) is 17.8 Å². The minimum absolute atomic E-state index is 0.0911. The Morgan fingerprint density at radius 3 is 2.81 bits per heavy atom. The first-order chi connectivity index (χ1) is 12.6. The van der Waals surface area contributed by atoms with Crippen molar-refractivity contribution in [2.45, 2.75) is 19.9 Å². The maximum atomic E-state index is 13.3. The van der Waals surface area contributed by atoms with Crippen LogP contribution >= 0.6 is 0 Å². The van der Waals surface area contributed by atoms with Gasteiger partial charge >= 0.3 is 0 Å². The van der Waals surface area contributed by atoms with Crippen LogP contribution in [0.2, 0.25) is 0 Å². The van der Waals surface area contributed by atoms with Gasteiger partial charge in [0.25, 0.3) is 5.91 Å². The smallest absolute Gasteiger partial charge is 0.277 e. The highest BCUT2D eigenvalue weighted by molar-refractivity contribution is 6.07. The third-order valence-corrected chi connectivity index (χ3v) is 4.69. The fraction of sp³-hybridized carbons (Fsp3) is 0.250. The second-order valence-electron chi connectivity index (χ2n) is 6.78. The van der Waals surface area contributed by atoms with Crippen LogP contribution in [0.4, 0.5) is 11.4 Å². The predicted molar refractivity (Wildman–Crippen MR) is 102 cm³/mol. The number of benzene rings is 1. The van der Waals surface area contributed by atoms with Crippen molar-refractivity contribution >= 4 is 17.3 Å². The first-order valence-corrected chi connectivity index (χ1v) is 8.76.